The van der Waals surface area contributed by atoms with E-state index >= 15 is 0 Å². The van der Waals surface area contributed by atoms with Gasteiger partial charge >= 0.3 is 0 Å². The van der Waals surface area contributed by atoms with Crippen LogP contribution in [0.25, 0.3) is 0 Å². The molecule has 1 rings (SSSR count). The first kappa shape index (κ1) is 11.9. The third-order valence-electron chi connectivity index (χ3n) is 2.54. The van der Waals surface area contributed by atoms with Gasteiger partial charge in [0.05, 0.1) is 13.2 Å². The summed E-state index contributed by atoms with van der Waals surface area (Å²) in [5, 5.41) is 0. The van der Waals surface area contributed by atoms with Crippen LogP contribution in [0.1, 0.15) is 32.8 Å². The van der Waals surface area contributed by atoms with Gasteiger partial charge in [-0.15, -0.1) is 0 Å². The van der Waals surface area contributed by atoms with Crippen molar-refractivity contribution < 1.29 is 9.47 Å². The Morgan fingerprint density at radius 2 is 1.93 bits per heavy atom. The van der Waals surface area contributed by atoms with Gasteiger partial charge in [-0.3, -0.25) is 0 Å². The Balaban J connectivity index is 2.87. The molecule has 0 amide bonds. The van der Waals surface area contributed by atoms with Crippen LogP contribution >= 0.6 is 0 Å². The molecule has 1 unspecified atom stereocenters. The Labute approximate surface area is 92.2 Å². The highest BCUT2D eigenvalue weighted by molar-refractivity contribution is 5.43. The smallest absolute Gasteiger partial charge is 0.161 e. The minimum absolute atomic E-state index is 0.228. The van der Waals surface area contributed by atoms with Gasteiger partial charge in [-0.25, -0.2) is 0 Å². The maximum atomic E-state index is 5.76. The van der Waals surface area contributed by atoms with E-state index in [9.17, 15) is 0 Å². The van der Waals surface area contributed by atoms with Crippen LogP contribution < -0.4 is 9.47 Å². The van der Waals surface area contributed by atoms with Crippen molar-refractivity contribution in [3.63, 3.8) is 0 Å². The van der Waals surface area contributed by atoms with Crippen molar-refractivity contribution in [1.82, 2.24) is 0 Å². The van der Waals surface area contributed by atoms with E-state index in [0.717, 1.165) is 24.3 Å². The third kappa shape index (κ3) is 3.15. The van der Waals surface area contributed by atoms with E-state index < -0.39 is 0 Å². The molecule has 0 bridgehead atoms. The first-order chi connectivity index (χ1) is 7.21. The summed E-state index contributed by atoms with van der Waals surface area (Å²) < 4.78 is 11.1. The molecule has 15 heavy (non-hydrogen) atoms. The molecule has 0 saturated carbocycles. The van der Waals surface area contributed by atoms with Gasteiger partial charge < -0.3 is 9.47 Å². The number of aryl methyl sites for hydroxylation is 1. The van der Waals surface area contributed by atoms with Crippen LogP contribution in [0, 0.1) is 0 Å². The largest absolute Gasteiger partial charge is 0.493 e. The summed E-state index contributed by atoms with van der Waals surface area (Å²) in [6.45, 7) is 6.30. The Bertz CT molecular complexity index is 307. The van der Waals surface area contributed by atoms with E-state index in [1.54, 1.807) is 7.11 Å². The minimum atomic E-state index is 0.228. The molecule has 0 spiro atoms. The van der Waals surface area contributed by atoms with E-state index in [1.807, 2.05) is 12.1 Å². The van der Waals surface area contributed by atoms with Crippen molar-refractivity contribution in [2.45, 2.75) is 39.7 Å². The molecule has 0 aromatic heterocycles. The maximum absolute atomic E-state index is 5.76. The van der Waals surface area contributed by atoms with Crippen LogP contribution in [-0.4, -0.2) is 13.2 Å². The Morgan fingerprint density at radius 3 is 2.47 bits per heavy atom. The molecule has 0 aliphatic carbocycles. The van der Waals surface area contributed by atoms with Crippen molar-refractivity contribution in [3.8, 4) is 11.5 Å². The van der Waals surface area contributed by atoms with Crippen molar-refractivity contribution in [2.24, 2.45) is 0 Å². The van der Waals surface area contributed by atoms with Gasteiger partial charge in [-0.05, 0) is 37.5 Å². The summed E-state index contributed by atoms with van der Waals surface area (Å²) in [6, 6.07) is 6.11. The molecule has 1 atom stereocenters. The van der Waals surface area contributed by atoms with E-state index in [4.69, 9.17) is 9.47 Å². The predicted octanol–water partition coefficient (Wildman–Crippen LogP) is 3.43. The minimum Gasteiger partial charge on any atom is -0.493 e. The normalized spacial score (nSPS) is 12.3. The second-order valence-corrected chi connectivity index (χ2v) is 3.68. The summed E-state index contributed by atoms with van der Waals surface area (Å²) in [5.41, 5.74) is 1.27. The fourth-order valence-electron chi connectivity index (χ4n) is 1.33. The summed E-state index contributed by atoms with van der Waals surface area (Å²) in [6.07, 6.45) is 2.24. The zero-order chi connectivity index (χ0) is 11.3. The first-order valence-corrected chi connectivity index (χ1v) is 5.54. The first-order valence-electron chi connectivity index (χ1n) is 5.54. The highest BCUT2D eigenvalue weighted by atomic mass is 16.5. The molecular formula is C13H20O2. The second-order valence-electron chi connectivity index (χ2n) is 3.68. The predicted molar refractivity (Wildman–Crippen MR) is 62.8 cm³/mol. The van der Waals surface area contributed by atoms with Gasteiger partial charge in [0.25, 0.3) is 0 Å². The number of ether oxygens (including phenoxy) is 2. The third-order valence-corrected chi connectivity index (χ3v) is 2.54. The Morgan fingerprint density at radius 1 is 1.20 bits per heavy atom. The quantitative estimate of drug-likeness (QED) is 0.738. The van der Waals surface area contributed by atoms with Crippen LogP contribution in [0.5, 0.6) is 11.5 Å². The number of benzene rings is 1. The van der Waals surface area contributed by atoms with E-state index in [0.29, 0.717) is 0 Å². The van der Waals surface area contributed by atoms with Crippen LogP contribution in [-0.2, 0) is 6.42 Å². The molecule has 0 heterocycles. The lowest BCUT2D eigenvalue weighted by atomic mass is 10.1. The van der Waals surface area contributed by atoms with Gasteiger partial charge in [0, 0.05) is 0 Å². The van der Waals surface area contributed by atoms with E-state index in [1.165, 1.54) is 5.56 Å². The standard InChI is InChI=1S/C13H20O2/c1-5-10(3)15-12-8-7-11(6-2)9-13(12)14-4/h7-10H,5-6H2,1-4H3. The molecular weight excluding hydrogens is 188 g/mol. The van der Waals surface area contributed by atoms with Crippen molar-refractivity contribution in [3.05, 3.63) is 23.8 Å². The van der Waals surface area contributed by atoms with Crippen molar-refractivity contribution in [2.75, 3.05) is 7.11 Å². The van der Waals surface area contributed by atoms with Crippen LogP contribution in [0.15, 0.2) is 18.2 Å². The molecule has 1 aromatic rings. The molecule has 2 nitrogen and oxygen atoms in total. The molecule has 84 valence electrons. The van der Waals surface area contributed by atoms with Crippen LogP contribution in [0.2, 0.25) is 0 Å². The monoisotopic (exact) mass is 208 g/mol. The fraction of sp³-hybridized carbons (Fsp3) is 0.538. The molecule has 0 fully saturated rings. The molecule has 0 saturated heterocycles. The number of methoxy groups -OCH3 is 1. The number of hydrogen-bond acceptors (Lipinski definition) is 2. The molecule has 2 heteroatoms. The zero-order valence-electron chi connectivity index (χ0n) is 10.0. The highest BCUT2D eigenvalue weighted by Gasteiger charge is 2.07. The average molecular weight is 208 g/mol. The average Bonchev–Trinajstić information content (AvgIpc) is 2.29. The molecule has 0 radical (unpaired) electrons. The van der Waals surface area contributed by atoms with Gasteiger partial charge in [0.1, 0.15) is 0 Å². The van der Waals surface area contributed by atoms with Crippen LogP contribution in [0.4, 0.5) is 0 Å². The molecule has 0 aliphatic rings. The number of rotatable bonds is 5. The van der Waals surface area contributed by atoms with Crippen molar-refractivity contribution in [1.29, 1.82) is 0 Å². The topological polar surface area (TPSA) is 18.5 Å². The molecule has 0 aliphatic heterocycles. The maximum Gasteiger partial charge on any atom is 0.161 e. The Kier molecular flexibility index (Phi) is 4.47. The molecule has 1 aromatic carbocycles. The lowest BCUT2D eigenvalue weighted by molar-refractivity contribution is 0.207. The molecule has 0 N–H and O–H groups in total. The highest BCUT2D eigenvalue weighted by Crippen LogP contribution is 2.29. The van der Waals surface area contributed by atoms with Gasteiger partial charge in [0.2, 0.25) is 0 Å². The second kappa shape index (κ2) is 5.64. The SMILES string of the molecule is CCc1ccc(OC(C)CC)c(OC)c1. The van der Waals surface area contributed by atoms with Gasteiger partial charge in [0.15, 0.2) is 11.5 Å². The Hall–Kier alpha value is -1.18. The lowest BCUT2D eigenvalue weighted by Crippen LogP contribution is -2.10. The van der Waals surface area contributed by atoms with Crippen LogP contribution in [0.3, 0.4) is 0 Å². The van der Waals surface area contributed by atoms with Gasteiger partial charge in [-0.1, -0.05) is 19.9 Å². The van der Waals surface area contributed by atoms with E-state index in [2.05, 4.69) is 26.8 Å². The van der Waals surface area contributed by atoms with Gasteiger partial charge in [-0.2, -0.15) is 0 Å². The summed E-state index contributed by atoms with van der Waals surface area (Å²) in [5.74, 6) is 1.67. The summed E-state index contributed by atoms with van der Waals surface area (Å²) in [4.78, 5) is 0. The summed E-state index contributed by atoms with van der Waals surface area (Å²) in [7, 11) is 1.68. The number of hydrogen-bond donors (Lipinski definition) is 0. The fourth-order valence-corrected chi connectivity index (χ4v) is 1.33. The van der Waals surface area contributed by atoms with Crippen molar-refractivity contribution >= 4 is 0 Å². The van der Waals surface area contributed by atoms with E-state index in [-0.39, 0.29) is 6.10 Å². The zero-order valence-corrected chi connectivity index (χ0v) is 10.0. The summed E-state index contributed by atoms with van der Waals surface area (Å²) >= 11 is 0. The lowest BCUT2D eigenvalue weighted by Gasteiger charge is -2.16.